The molecule has 12 heavy (non-hydrogen) atoms. The van der Waals surface area contributed by atoms with Crippen molar-refractivity contribution in [3.63, 3.8) is 0 Å². The fraction of sp³-hybridized carbons (Fsp3) is 0.875. The SMILES string of the molecule is C[C@@H]1C(=O)[C@@H]2[C@H]1C(C)(C)S2(=O)=O. The highest BCUT2D eigenvalue weighted by molar-refractivity contribution is 7.95. The average molecular weight is 188 g/mol. The minimum atomic E-state index is -3.13. The molecule has 1 saturated heterocycles. The van der Waals surface area contributed by atoms with Crippen LogP contribution in [0.1, 0.15) is 20.8 Å². The predicted octanol–water partition coefficient (Wildman–Crippen LogP) is 0.397. The van der Waals surface area contributed by atoms with Gasteiger partial charge in [0, 0.05) is 11.8 Å². The number of ketones is 1. The van der Waals surface area contributed by atoms with E-state index in [1.807, 2.05) is 6.92 Å². The van der Waals surface area contributed by atoms with Crippen LogP contribution in [0.5, 0.6) is 0 Å². The van der Waals surface area contributed by atoms with Gasteiger partial charge in [-0.25, -0.2) is 8.42 Å². The number of hydrogen-bond donors (Lipinski definition) is 0. The minimum Gasteiger partial charge on any atom is -0.298 e. The highest BCUT2D eigenvalue weighted by Gasteiger charge is 2.73. The summed E-state index contributed by atoms with van der Waals surface area (Å²) < 4.78 is 22.3. The number of carbonyl (C=O) groups excluding carboxylic acids is 1. The molecule has 0 N–H and O–H groups in total. The van der Waals surface area contributed by atoms with Crippen molar-refractivity contribution in [3.8, 4) is 0 Å². The Morgan fingerprint density at radius 3 is 2.25 bits per heavy atom. The first-order chi connectivity index (χ1) is 5.32. The summed E-state index contributed by atoms with van der Waals surface area (Å²) in [5, 5.41) is -0.650. The predicted molar refractivity (Wildman–Crippen MR) is 44.4 cm³/mol. The molecule has 2 fully saturated rings. The van der Waals surface area contributed by atoms with E-state index in [1.165, 1.54) is 0 Å². The Kier molecular flexibility index (Phi) is 1.21. The molecule has 68 valence electrons. The molecule has 0 spiro atoms. The van der Waals surface area contributed by atoms with Crippen LogP contribution in [-0.4, -0.2) is 24.2 Å². The molecule has 1 aliphatic heterocycles. The van der Waals surface area contributed by atoms with Gasteiger partial charge in [-0.2, -0.15) is 0 Å². The van der Waals surface area contributed by atoms with Crippen LogP contribution in [-0.2, 0) is 14.6 Å². The van der Waals surface area contributed by atoms with Crippen LogP contribution in [0.15, 0.2) is 0 Å². The Balaban J connectivity index is 2.45. The van der Waals surface area contributed by atoms with Gasteiger partial charge in [0.25, 0.3) is 0 Å². The van der Waals surface area contributed by atoms with Gasteiger partial charge in [-0.3, -0.25) is 4.79 Å². The Labute approximate surface area is 72.1 Å². The molecule has 0 amide bonds. The molecule has 3 nitrogen and oxygen atoms in total. The maximum Gasteiger partial charge on any atom is 0.166 e. The summed E-state index contributed by atoms with van der Waals surface area (Å²) >= 11 is 0. The molecule has 4 heteroatoms. The van der Waals surface area contributed by atoms with Crippen molar-refractivity contribution in [1.29, 1.82) is 0 Å². The van der Waals surface area contributed by atoms with Crippen LogP contribution >= 0.6 is 0 Å². The minimum absolute atomic E-state index is 0.0477. The maximum absolute atomic E-state index is 11.5. The summed E-state index contributed by atoms with van der Waals surface area (Å²) in [4.78, 5) is 11.1. The second-order valence-corrected chi connectivity index (χ2v) is 6.94. The van der Waals surface area contributed by atoms with Gasteiger partial charge < -0.3 is 0 Å². The summed E-state index contributed by atoms with van der Waals surface area (Å²) in [6.07, 6.45) is 0. The van der Waals surface area contributed by atoms with E-state index in [0.717, 1.165) is 0 Å². The van der Waals surface area contributed by atoms with Crippen molar-refractivity contribution in [3.05, 3.63) is 0 Å². The van der Waals surface area contributed by atoms with Crippen molar-refractivity contribution < 1.29 is 13.2 Å². The van der Waals surface area contributed by atoms with E-state index in [2.05, 4.69) is 0 Å². The quantitative estimate of drug-likeness (QED) is 0.553. The van der Waals surface area contributed by atoms with E-state index in [0.29, 0.717) is 0 Å². The summed E-state index contributed by atoms with van der Waals surface area (Å²) in [7, 11) is -3.13. The number of hydrogen-bond acceptors (Lipinski definition) is 3. The lowest BCUT2D eigenvalue weighted by molar-refractivity contribution is -0.135. The van der Waals surface area contributed by atoms with Crippen LogP contribution < -0.4 is 0 Å². The third-order valence-electron chi connectivity index (χ3n) is 3.46. The van der Waals surface area contributed by atoms with Gasteiger partial charge in [0.15, 0.2) is 15.6 Å². The fourth-order valence-corrected chi connectivity index (χ4v) is 5.15. The Hall–Kier alpha value is -0.380. The highest BCUT2D eigenvalue weighted by atomic mass is 32.2. The highest BCUT2D eigenvalue weighted by Crippen LogP contribution is 2.57. The van der Waals surface area contributed by atoms with E-state index in [-0.39, 0.29) is 17.6 Å². The third-order valence-corrected chi connectivity index (χ3v) is 6.40. The lowest BCUT2D eigenvalue weighted by atomic mass is 9.65. The number of sulfone groups is 1. The summed E-state index contributed by atoms with van der Waals surface area (Å²) in [6, 6.07) is 0. The molecule has 2 rings (SSSR count). The van der Waals surface area contributed by atoms with E-state index in [4.69, 9.17) is 0 Å². The van der Waals surface area contributed by atoms with Crippen molar-refractivity contribution in [1.82, 2.24) is 0 Å². The zero-order valence-electron chi connectivity index (χ0n) is 7.37. The van der Waals surface area contributed by atoms with Gasteiger partial charge in [-0.15, -0.1) is 0 Å². The van der Waals surface area contributed by atoms with Gasteiger partial charge in [0.05, 0.1) is 4.75 Å². The summed E-state index contributed by atoms with van der Waals surface area (Å²) in [5.74, 6) is -0.0529. The molecule has 0 bridgehead atoms. The van der Waals surface area contributed by atoms with Gasteiger partial charge in [-0.1, -0.05) is 6.92 Å². The van der Waals surface area contributed by atoms with Crippen LogP contribution in [0.3, 0.4) is 0 Å². The van der Waals surface area contributed by atoms with Crippen LogP contribution in [0.2, 0.25) is 0 Å². The largest absolute Gasteiger partial charge is 0.298 e. The molecule has 0 aromatic heterocycles. The molecule has 1 aliphatic carbocycles. The Morgan fingerprint density at radius 1 is 1.33 bits per heavy atom. The topological polar surface area (TPSA) is 51.2 Å². The zero-order chi connectivity index (χ0) is 9.31. The molecule has 0 radical (unpaired) electrons. The molecular weight excluding hydrogens is 176 g/mol. The molecule has 1 heterocycles. The summed E-state index contributed by atoms with van der Waals surface area (Å²) in [6.45, 7) is 5.25. The molecule has 3 atom stereocenters. The second-order valence-electron chi connectivity index (χ2n) is 4.29. The Morgan fingerprint density at radius 2 is 1.83 bits per heavy atom. The normalized spacial score (nSPS) is 47.2. The van der Waals surface area contributed by atoms with E-state index < -0.39 is 19.8 Å². The maximum atomic E-state index is 11.5. The van der Waals surface area contributed by atoms with Crippen molar-refractivity contribution in [2.24, 2.45) is 11.8 Å². The van der Waals surface area contributed by atoms with Crippen molar-refractivity contribution in [2.45, 2.75) is 30.8 Å². The zero-order valence-corrected chi connectivity index (χ0v) is 8.18. The van der Waals surface area contributed by atoms with Gasteiger partial charge in [0.2, 0.25) is 0 Å². The molecule has 1 saturated carbocycles. The standard InChI is InChI=1S/C8H12O3S/c1-4-5-7(6(4)9)12(10,11)8(5,2)3/h4-5,7H,1-3H3/t4-,5-,7-/m0/s1. The number of Topliss-reactive ketones (excluding diaryl/α,β-unsaturated/α-hetero) is 1. The summed E-state index contributed by atoms with van der Waals surface area (Å²) in [5.41, 5.74) is 0. The van der Waals surface area contributed by atoms with E-state index in [9.17, 15) is 13.2 Å². The van der Waals surface area contributed by atoms with E-state index in [1.54, 1.807) is 13.8 Å². The first kappa shape index (κ1) is 8.23. The van der Waals surface area contributed by atoms with Gasteiger partial charge in [0.1, 0.15) is 5.25 Å². The molecule has 0 aromatic carbocycles. The smallest absolute Gasteiger partial charge is 0.166 e. The number of rotatable bonds is 0. The van der Waals surface area contributed by atoms with Crippen LogP contribution in [0, 0.1) is 11.8 Å². The molecule has 2 aliphatic rings. The third kappa shape index (κ3) is 0.533. The second kappa shape index (κ2) is 1.76. The average Bonchev–Trinajstić information content (AvgIpc) is 1.96. The number of carbonyl (C=O) groups is 1. The molecular formula is C8H12O3S. The van der Waals surface area contributed by atoms with Crippen LogP contribution in [0.4, 0.5) is 0 Å². The first-order valence-corrected chi connectivity index (χ1v) is 5.63. The van der Waals surface area contributed by atoms with E-state index >= 15 is 0 Å². The van der Waals surface area contributed by atoms with Gasteiger partial charge >= 0.3 is 0 Å². The monoisotopic (exact) mass is 188 g/mol. The fourth-order valence-electron chi connectivity index (χ4n) is 2.51. The van der Waals surface area contributed by atoms with Crippen molar-refractivity contribution in [2.75, 3.05) is 0 Å². The first-order valence-electron chi connectivity index (χ1n) is 4.09. The molecule has 0 unspecified atom stereocenters. The lowest BCUT2D eigenvalue weighted by Gasteiger charge is -2.59. The lowest BCUT2D eigenvalue weighted by Crippen LogP contribution is -2.76. The van der Waals surface area contributed by atoms with Crippen molar-refractivity contribution >= 4 is 15.6 Å². The molecule has 0 aromatic rings. The Bertz CT molecular complexity index is 352. The van der Waals surface area contributed by atoms with Crippen LogP contribution in [0.25, 0.3) is 0 Å². The van der Waals surface area contributed by atoms with Gasteiger partial charge in [-0.05, 0) is 13.8 Å². The number of fused-ring (bicyclic) bond motifs is 1.